The summed E-state index contributed by atoms with van der Waals surface area (Å²) < 4.78 is 46.1. The van der Waals surface area contributed by atoms with E-state index in [4.69, 9.17) is 25.2 Å². The Labute approximate surface area is 277 Å². The molecule has 4 aromatic rings. The number of hydrogen-bond acceptors (Lipinski definition) is 7. The highest BCUT2D eigenvalue weighted by Crippen LogP contribution is 2.51. The molecule has 1 aliphatic carbocycles. The molecule has 3 N–H and O–H groups in total. The van der Waals surface area contributed by atoms with E-state index in [1.54, 1.807) is 35.8 Å². The van der Waals surface area contributed by atoms with E-state index in [0.717, 1.165) is 12.8 Å². The fraction of sp³-hybridized carbons (Fsp3) is 0.543. The summed E-state index contributed by atoms with van der Waals surface area (Å²) in [5.74, 6) is -2.37. The summed E-state index contributed by atoms with van der Waals surface area (Å²) in [4.78, 5) is 38.3. The number of methoxy groups -OCH3 is 2. The number of carbonyl (C=O) groups excluding carboxylic acids is 2. The fourth-order valence-corrected chi connectivity index (χ4v) is 7.49. The molecular formula is C35H43F2N7O4. The SMILES string of the molecule is COc1cc(C(=O)N2CC[C@@H](OC)[C@@H](N)C2)cc2nc(-c3cc4ccc5nc4n3CC(F)(F)CCCCC3(CC3)C(=O)N[C@@H]5C)n(C)c12. The van der Waals surface area contributed by atoms with Crippen LogP contribution < -0.4 is 15.8 Å². The number of nitrogens with zero attached hydrogens (tertiary/aromatic N) is 5. The van der Waals surface area contributed by atoms with Crippen LogP contribution in [0.5, 0.6) is 5.75 Å². The molecule has 11 nitrogen and oxygen atoms in total. The second-order valence-electron chi connectivity index (χ2n) is 13.8. The lowest BCUT2D eigenvalue weighted by Gasteiger charge is -2.36. The van der Waals surface area contributed by atoms with E-state index in [9.17, 15) is 9.59 Å². The van der Waals surface area contributed by atoms with Gasteiger partial charge in [0.2, 0.25) is 5.91 Å². The van der Waals surface area contributed by atoms with E-state index < -0.39 is 17.9 Å². The second kappa shape index (κ2) is 12.1. The van der Waals surface area contributed by atoms with Crippen LogP contribution in [0.1, 0.15) is 74.0 Å². The second-order valence-corrected chi connectivity index (χ2v) is 13.8. The lowest BCUT2D eigenvalue weighted by Crippen LogP contribution is -2.53. The Morgan fingerprint density at radius 3 is 2.56 bits per heavy atom. The van der Waals surface area contributed by atoms with Crippen LogP contribution in [0, 0.1) is 5.41 Å². The van der Waals surface area contributed by atoms with E-state index in [2.05, 4.69) is 5.32 Å². The van der Waals surface area contributed by atoms with Crippen LogP contribution in [-0.4, -0.2) is 81.2 Å². The molecule has 1 aromatic carbocycles. The molecule has 1 saturated heterocycles. The number of nitrogens with one attached hydrogen (secondary N) is 1. The zero-order chi connectivity index (χ0) is 34.0. The molecule has 2 amide bonds. The number of aryl methyl sites for hydroxylation is 1. The number of halogens is 2. The molecule has 3 atom stereocenters. The van der Waals surface area contributed by atoms with E-state index in [1.165, 1.54) is 7.11 Å². The summed E-state index contributed by atoms with van der Waals surface area (Å²) in [6.45, 7) is 2.17. The van der Waals surface area contributed by atoms with Gasteiger partial charge in [-0.3, -0.25) is 9.59 Å². The van der Waals surface area contributed by atoms with Gasteiger partial charge in [-0.25, -0.2) is 18.7 Å². The van der Waals surface area contributed by atoms with Gasteiger partial charge < -0.3 is 34.6 Å². The van der Waals surface area contributed by atoms with Gasteiger partial charge in [0, 0.05) is 56.1 Å². The number of carbonyl (C=O) groups is 2. The van der Waals surface area contributed by atoms with Crippen molar-refractivity contribution in [1.29, 1.82) is 0 Å². The molecule has 7 rings (SSSR count). The van der Waals surface area contributed by atoms with Crippen molar-refractivity contribution in [3.63, 3.8) is 0 Å². The predicted octanol–water partition coefficient (Wildman–Crippen LogP) is 4.95. The van der Waals surface area contributed by atoms with Gasteiger partial charge >= 0.3 is 0 Å². The maximum atomic E-state index is 15.8. The molecule has 2 fully saturated rings. The summed E-state index contributed by atoms with van der Waals surface area (Å²) in [5, 5.41) is 3.81. The van der Waals surface area contributed by atoms with Gasteiger partial charge in [0.05, 0.1) is 42.7 Å². The highest BCUT2D eigenvalue weighted by molar-refractivity contribution is 6.00. The Balaban J connectivity index is 1.31. The number of likely N-dealkylation sites (tertiary alicyclic amines) is 1. The van der Waals surface area contributed by atoms with Crippen molar-refractivity contribution in [2.75, 3.05) is 27.3 Å². The minimum Gasteiger partial charge on any atom is -0.494 e. The van der Waals surface area contributed by atoms with Crippen molar-refractivity contribution in [3.8, 4) is 17.3 Å². The van der Waals surface area contributed by atoms with Crippen molar-refractivity contribution < 1.29 is 27.8 Å². The van der Waals surface area contributed by atoms with Gasteiger partial charge in [0.1, 0.15) is 16.9 Å². The zero-order valence-corrected chi connectivity index (χ0v) is 27.9. The zero-order valence-electron chi connectivity index (χ0n) is 27.9. The van der Waals surface area contributed by atoms with Gasteiger partial charge in [0.15, 0.2) is 5.82 Å². The maximum Gasteiger partial charge on any atom is 0.265 e. The summed E-state index contributed by atoms with van der Waals surface area (Å²) in [6, 6.07) is 8.23. The van der Waals surface area contributed by atoms with Gasteiger partial charge in [-0.1, -0.05) is 6.42 Å². The summed E-state index contributed by atoms with van der Waals surface area (Å²) in [5.41, 5.74) is 8.82. The molecular weight excluding hydrogens is 620 g/mol. The van der Waals surface area contributed by atoms with Crippen molar-refractivity contribution in [2.45, 2.75) is 82.5 Å². The number of alkyl halides is 2. The molecule has 48 heavy (non-hydrogen) atoms. The van der Waals surface area contributed by atoms with Gasteiger partial charge in [0.25, 0.3) is 11.8 Å². The van der Waals surface area contributed by atoms with Crippen molar-refractivity contribution >= 4 is 33.9 Å². The van der Waals surface area contributed by atoms with E-state index in [-0.39, 0.29) is 36.4 Å². The van der Waals surface area contributed by atoms with E-state index >= 15 is 8.78 Å². The molecule has 3 aromatic heterocycles. The first-order chi connectivity index (χ1) is 22.9. The number of rotatable bonds is 4. The topological polar surface area (TPSA) is 130 Å². The van der Waals surface area contributed by atoms with Crippen molar-refractivity contribution in [2.24, 2.45) is 18.2 Å². The first-order valence-corrected chi connectivity index (χ1v) is 16.7. The summed E-state index contributed by atoms with van der Waals surface area (Å²) >= 11 is 0. The first kappa shape index (κ1) is 32.4. The number of ether oxygens (including phenoxy) is 2. The number of pyridine rings is 1. The van der Waals surface area contributed by atoms with Crippen LogP contribution in [0.4, 0.5) is 8.78 Å². The number of piperidine rings is 1. The number of amides is 2. The van der Waals surface area contributed by atoms with Crippen LogP contribution in [-0.2, 0) is 23.1 Å². The van der Waals surface area contributed by atoms with Crippen LogP contribution >= 0.6 is 0 Å². The van der Waals surface area contributed by atoms with Crippen molar-refractivity contribution in [3.05, 3.63) is 41.6 Å². The van der Waals surface area contributed by atoms with Crippen LogP contribution in [0.3, 0.4) is 0 Å². The smallest absolute Gasteiger partial charge is 0.265 e. The van der Waals surface area contributed by atoms with E-state index in [0.29, 0.717) is 89.4 Å². The molecule has 2 bridgehead atoms. The molecule has 2 aliphatic heterocycles. The third-order valence-electron chi connectivity index (χ3n) is 10.5. The largest absolute Gasteiger partial charge is 0.494 e. The number of hydrogen-bond donors (Lipinski definition) is 2. The molecule has 1 spiro atoms. The minimum atomic E-state index is -3.02. The number of benzene rings is 1. The lowest BCUT2D eigenvalue weighted by molar-refractivity contribution is -0.127. The van der Waals surface area contributed by atoms with Crippen LogP contribution in [0.25, 0.3) is 33.6 Å². The molecule has 0 radical (unpaired) electrons. The number of aromatic nitrogens is 4. The van der Waals surface area contributed by atoms with E-state index in [1.807, 2.05) is 29.7 Å². The van der Waals surface area contributed by atoms with Crippen LogP contribution in [0.2, 0.25) is 0 Å². The Morgan fingerprint density at radius 1 is 1.08 bits per heavy atom. The highest BCUT2D eigenvalue weighted by Gasteiger charge is 2.49. The average molecular weight is 664 g/mol. The number of fused-ring (bicyclic) bond motifs is 2. The summed E-state index contributed by atoms with van der Waals surface area (Å²) in [7, 11) is 4.95. The van der Waals surface area contributed by atoms with Crippen LogP contribution in [0.15, 0.2) is 30.3 Å². The monoisotopic (exact) mass is 663 g/mol. The Morgan fingerprint density at radius 2 is 1.85 bits per heavy atom. The van der Waals surface area contributed by atoms with Gasteiger partial charge in [-0.15, -0.1) is 0 Å². The normalized spacial score (nSPS) is 24.2. The molecule has 0 unspecified atom stereocenters. The average Bonchev–Trinajstić information content (AvgIpc) is 3.69. The third-order valence-corrected chi connectivity index (χ3v) is 10.5. The minimum absolute atomic E-state index is 0.0226. The predicted molar refractivity (Wildman–Crippen MR) is 177 cm³/mol. The molecule has 13 heteroatoms. The quantitative estimate of drug-likeness (QED) is 0.316. The molecule has 256 valence electrons. The Hall–Kier alpha value is -4.10. The van der Waals surface area contributed by atoms with Gasteiger partial charge in [-0.05, 0) is 69.4 Å². The number of nitrogens with two attached hydrogens (primary N) is 1. The molecule has 3 aliphatic rings. The molecule has 5 heterocycles. The first-order valence-electron chi connectivity index (χ1n) is 16.7. The Bertz CT molecular complexity index is 1900. The standard InChI is InChI=1S/C35H43F2N7O4/c1-20-24-8-7-21-16-26(44(30(21)40-24)19-35(36,37)11-6-5-10-34(12-13-34)33(46)39-20)31-41-25-15-22(17-28(48-4)29(25)42(31)2)32(45)43-14-9-27(47-3)23(38)18-43/h7-8,15-17,20,23,27H,5-6,9-14,18-19,38H2,1-4H3,(H,39,46)/t20-,23+,27-/m1/s1. The van der Waals surface area contributed by atoms with Gasteiger partial charge in [-0.2, -0.15) is 0 Å². The van der Waals surface area contributed by atoms with Crippen molar-refractivity contribution in [1.82, 2.24) is 29.3 Å². The molecule has 1 saturated carbocycles. The maximum absolute atomic E-state index is 15.8. The number of imidazole rings is 1. The highest BCUT2D eigenvalue weighted by atomic mass is 19.3. The summed E-state index contributed by atoms with van der Waals surface area (Å²) in [6.07, 6.45) is 3.30. The fourth-order valence-electron chi connectivity index (χ4n) is 7.49. The third kappa shape index (κ3) is 5.70. The Kier molecular flexibility index (Phi) is 8.18. The lowest BCUT2D eigenvalue weighted by atomic mass is 9.95.